The second-order valence-corrected chi connectivity index (χ2v) is 4.99. The summed E-state index contributed by atoms with van der Waals surface area (Å²) in [6.45, 7) is 2.70. The summed E-state index contributed by atoms with van der Waals surface area (Å²) in [6.07, 6.45) is 5.20. The SMILES string of the molecule is C[C@@H](NCc1cc(F)ccc1O)C1CCCC1. The van der Waals surface area contributed by atoms with Crippen molar-refractivity contribution in [3.05, 3.63) is 29.6 Å². The molecule has 1 aliphatic carbocycles. The Bertz CT molecular complexity index is 374. The molecule has 1 fully saturated rings. The monoisotopic (exact) mass is 237 g/mol. The minimum atomic E-state index is -0.298. The largest absolute Gasteiger partial charge is 0.508 e. The molecule has 1 saturated carbocycles. The fourth-order valence-electron chi connectivity index (χ4n) is 2.59. The molecule has 0 bridgehead atoms. The summed E-state index contributed by atoms with van der Waals surface area (Å²) in [6, 6.07) is 4.51. The van der Waals surface area contributed by atoms with Crippen LogP contribution in [0.1, 0.15) is 38.2 Å². The maximum absolute atomic E-state index is 13.0. The van der Waals surface area contributed by atoms with Gasteiger partial charge in [0.05, 0.1) is 0 Å². The van der Waals surface area contributed by atoms with Crippen molar-refractivity contribution in [1.82, 2.24) is 5.32 Å². The van der Waals surface area contributed by atoms with E-state index in [0.29, 0.717) is 18.2 Å². The molecule has 2 rings (SSSR count). The molecule has 1 aromatic rings. The van der Waals surface area contributed by atoms with E-state index in [-0.39, 0.29) is 11.6 Å². The van der Waals surface area contributed by atoms with Crippen molar-refractivity contribution in [2.45, 2.75) is 45.2 Å². The molecule has 2 nitrogen and oxygen atoms in total. The lowest BCUT2D eigenvalue weighted by Crippen LogP contribution is -2.31. The zero-order valence-corrected chi connectivity index (χ0v) is 10.2. The lowest BCUT2D eigenvalue weighted by atomic mass is 9.99. The highest BCUT2D eigenvalue weighted by atomic mass is 19.1. The number of nitrogens with one attached hydrogen (secondary N) is 1. The summed E-state index contributed by atoms with van der Waals surface area (Å²) in [4.78, 5) is 0. The van der Waals surface area contributed by atoms with Gasteiger partial charge in [-0.2, -0.15) is 0 Å². The van der Waals surface area contributed by atoms with Gasteiger partial charge in [0.25, 0.3) is 0 Å². The van der Waals surface area contributed by atoms with E-state index in [2.05, 4.69) is 12.2 Å². The number of aromatic hydroxyl groups is 1. The van der Waals surface area contributed by atoms with Gasteiger partial charge in [-0.1, -0.05) is 12.8 Å². The minimum Gasteiger partial charge on any atom is -0.508 e. The fraction of sp³-hybridized carbons (Fsp3) is 0.571. The Kier molecular flexibility index (Phi) is 4.00. The molecule has 0 amide bonds. The summed E-state index contributed by atoms with van der Waals surface area (Å²) in [7, 11) is 0. The Morgan fingerprint density at radius 2 is 2.12 bits per heavy atom. The molecular formula is C14H20FNO. The van der Waals surface area contributed by atoms with Crippen molar-refractivity contribution in [2.24, 2.45) is 5.92 Å². The first-order valence-corrected chi connectivity index (χ1v) is 6.37. The molecule has 94 valence electrons. The topological polar surface area (TPSA) is 32.3 Å². The Hall–Kier alpha value is -1.09. The van der Waals surface area contributed by atoms with E-state index >= 15 is 0 Å². The molecule has 1 aliphatic rings. The normalized spacial score (nSPS) is 18.5. The molecule has 1 aromatic carbocycles. The fourth-order valence-corrected chi connectivity index (χ4v) is 2.59. The van der Waals surface area contributed by atoms with Gasteiger partial charge in [-0.05, 0) is 43.9 Å². The third-order valence-corrected chi connectivity index (χ3v) is 3.76. The van der Waals surface area contributed by atoms with Crippen molar-refractivity contribution in [1.29, 1.82) is 0 Å². The third-order valence-electron chi connectivity index (χ3n) is 3.76. The Labute approximate surface area is 102 Å². The van der Waals surface area contributed by atoms with Crippen LogP contribution < -0.4 is 5.32 Å². The molecule has 3 heteroatoms. The van der Waals surface area contributed by atoms with E-state index < -0.39 is 0 Å². The van der Waals surface area contributed by atoms with Crippen LogP contribution >= 0.6 is 0 Å². The number of hydrogen-bond donors (Lipinski definition) is 2. The zero-order chi connectivity index (χ0) is 12.3. The highest BCUT2D eigenvalue weighted by molar-refractivity contribution is 5.32. The van der Waals surface area contributed by atoms with Gasteiger partial charge in [-0.15, -0.1) is 0 Å². The average Bonchev–Trinajstić information content (AvgIpc) is 2.83. The zero-order valence-electron chi connectivity index (χ0n) is 10.2. The van der Waals surface area contributed by atoms with Crippen LogP contribution in [0, 0.1) is 11.7 Å². The molecule has 0 spiro atoms. The van der Waals surface area contributed by atoms with E-state index in [9.17, 15) is 9.50 Å². The molecule has 0 heterocycles. The second-order valence-electron chi connectivity index (χ2n) is 4.99. The number of benzene rings is 1. The van der Waals surface area contributed by atoms with Gasteiger partial charge in [0, 0.05) is 18.2 Å². The predicted octanol–water partition coefficient (Wildman–Crippen LogP) is 3.20. The molecule has 0 radical (unpaired) electrons. The molecule has 1 atom stereocenters. The first kappa shape index (κ1) is 12.4. The van der Waals surface area contributed by atoms with Gasteiger partial charge in [-0.3, -0.25) is 0 Å². The Balaban J connectivity index is 1.90. The smallest absolute Gasteiger partial charge is 0.123 e. The van der Waals surface area contributed by atoms with Crippen LogP contribution in [0.5, 0.6) is 5.75 Å². The van der Waals surface area contributed by atoms with Crippen LogP contribution in [0.3, 0.4) is 0 Å². The maximum Gasteiger partial charge on any atom is 0.123 e. The van der Waals surface area contributed by atoms with Gasteiger partial charge in [0.2, 0.25) is 0 Å². The Morgan fingerprint density at radius 3 is 2.82 bits per heavy atom. The highest BCUT2D eigenvalue weighted by Crippen LogP contribution is 2.28. The summed E-state index contributed by atoms with van der Waals surface area (Å²) in [5, 5.41) is 13.0. The molecule has 17 heavy (non-hydrogen) atoms. The van der Waals surface area contributed by atoms with Crippen LogP contribution in [-0.2, 0) is 6.54 Å². The van der Waals surface area contributed by atoms with Crippen LogP contribution in [0.15, 0.2) is 18.2 Å². The number of hydrogen-bond acceptors (Lipinski definition) is 2. The molecule has 0 aliphatic heterocycles. The van der Waals surface area contributed by atoms with E-state index in [1.165, 1.54) is 43.9 Å². The maximum atomic E-state index is 13.0. The lowest BCUT2D eigenvalue weighted by molar-refractivity contribution is 0.376. The van der Waals surface area contributed by atoms with Crippen molar-refractivity contribution in [2.75, 3.05) is 0 Å². The van der Waals surface area contributed by atoms with E-state index in [1.54, 1.807) is 0 Å². The molecule has 0 saturated heterocycles. The van der Waals surface area contributed by atoms with Gasteiger partial charge in [-0.25, -0.2) is 4.39 Å². The van der Waals surface area contributed by atoms with Crippen LogP contribution in [0.2, 0.25) is 0 Å². The van der Waals surface area contributed by atoms with Gasteiger partial charge in [0.1, 0.15) is 11.6 Å². The third kappa shape index (κ3) is 3.19. The summed E-state index contributed by atoms with van der Waals surface area (Å²) in [5.41, 5.74) is 0.634. The lowest BCUT2D eigenvalue weighted by Gasteiger charge is -2.20. The van der Waals surface area contributed by atoms with Crippen molar-refractivity contribution in [3.63, 3.8) is 0 Å². The summed E-state index contributed by atoms with van der Waals surface area (Å²) >= 11 is 0. The predicted molar refractivity (Wildman–Crippen MR) is 66.3 cm³/mol. The Morgan fingerprint density at radius 1 is 1.41 bits per heavy atom. The molecule has 0 unspecified atom stereocenters. The van der Waals surface area contributed by atoms with Crippen LogP contribution in [0.25, 0.3) is 0 Å². The molecule has 2 N–H and O–H groups in total. The average molecular weight is 237 g/mol. The second kappa shape index (κ2) is 5.50. The standard InChI is InChI=1S/C14H20FNO/c1-10(11-4-2-3-5-11)16-9-12-8-13(15)6-7-14(12)17/h6-8,10-11,16-17H,2-5,9H2,1H3/t10-/m1/s1. The highest BCUT2D eigenvalue weighted by Gasteiger charge is 2.21. The van der Waals surface area contributed by atoms with E-state index in [0.717, 1.165) is 5.92 Å². The van der Waals surface area contributed by atoms with Crippen LogP contribution in [-0.4, -0.2) is 11.1 Å². The van der Waals surface area contributed by atoms with E-state index in [1.807, 2.05) is 0 Å². The summed E-state index contributed by atoms with van der Waals surface area (Å²) < 4.78 is 13.0. The number of rotatable bonds is 4. The quantitative estimate of drug-likeness (QED) is 0.842. The van der Waals surface area contributed by atoms with Gasteiger partial charge >= 0.3 is 0 Å². The van der Waals surface area contributed by atoms with Gasteiger partial charge < -0.3 is 10.4 Å². The first-order chi connectivity index (χ1) is 8.16. The minimum absolute atomic E-state index is 0.164. The van der Waals surface area contributed by atoms with Crippen molar-refractivity contribution < 1.29 is 9.50 Å². The number of phenols is 1. The van der Waals surface area contributed by atoms with Gasteiger partial charge in [0.15, 0.2) is 0 Å². The van der Waals surface area contributed by atoms with Crippen LogP contribution in [0.4, 0.5) is 4.39 Å². The van der Waals surface area contributed by atoms with E-state index in [4.69, 9.17) is 0 Å². The van der Waals surface area contributed by atoms with Crippen molar-refractivity contribution >= 4 is 0 Å². The number of halogens is 1. The number of phenolic OH excluding ortho intramolecular Hbond substituents is 1. The first-order valence-electron chi connectivity index (χ1n) is 6.37. The molecule has 0 aromatic heterocycles. The van der Waals surface area contributed by atoms with Crippen molar-refractivity contribution in [3.8, 4) is 5.75 Å². The molecular weight excluding hydrogens is 217 g/mol. The summed E-state index contributed by atoms with van der Waals surface area (Å²) in [5.74, 6) is 0.594.